The molecule has 0 saturated carbocycles. The van der Waals surface area contributed by atoms with Crippen molar-refractivity contribution in [3.63, 3.8) is 0 Å². The number of ether oxygens (including phenoxy) is 1. The highest BCUT2D eigenvalue weighted by molar-refractivity contribution is 6.09. The number of nitrogens with one attached hydrogen (secondary N) is 2. The molecule has 3 rings (SSSR count). The van der Waals surface area contributed by atoms with Gasteiger partial charge in [0.25, 0.3) is 0 Å². The maximum absolute atomic E-state index is 11.6. The van der Waals surface area contributed by atoms with Crippen LogP contribution in [0.3, 0.4) is 0 Å². The molecular formula is C10H13N3O3. The van der Waals surface area contributed by atoms with Crippen LogP contribution in [0.1, 0.15) is 12.8 Å². The Hall–Kier alpha value is -1.43. The van der Waals surface area contributed by atoms with Crippen LogP contribution in [0, 0.1) is 5.92 Å². The fraction of sp³-hybridized carbons (Fsp3) is 0.700. The number of rotatable bonds is 1. The molecule has 2 fully saturated rings. The Morgan fingerprint density at radius 3 is 2.75 bits per heavy atom. The van der Waals surface area contributed by atoms with Gasteiger partial charge < -0.3 is 10.1 Å². The number of hydrogen-bond donors (Lipinski definition) is 2. The van der Waals surface area contributed by atoms with E-state index in [1.807, 2.05) is 0 Å². The van der Waals surface area contributed by atoms with Crippen molar-refractivity contribution >= 4 is 17.7 Å². The normalized spacial score (nSPS) is 31.8. The third-order valence-electron chi connectivity index (χ3n) is 3.28. The summed E-state index contributed by atoms with van der Waals surface area (Å²) in [4.78, 5) is 27.1. The molecule has 3 aliphatic heterocycles. The van der Waals surface area contributed by atoms with Crippen molar-refractivity contribution in [1.82, 2.24) is 10.6 Å². The molecule has 0 radical (unpaired) electrons. The van der Waals surface area contributed by atoms with Crippen molar-refractivity contribution in [2.24, 2.45) is 10.9 Å². The first-order valence-electron chi connectivity index (χ1n) is 5.46. The molecule has 1 atom stereocenters. The van der Waals surface area contributed by atoms with Gasteiger partial charge in [-0.05, 0) is 6.42 Å². The van der Waals surface area contributed by atoms with Crippen LogP contribution in [0.2, 0.25) is 0 Å². The van der Waals surface area contributed by atoms with E-state index in [4.69, 9.17) is 4.74 Å². The van der Waals surface area contributed by atoms with E-state index < -0.39 is 0 Å². The average molecular weight is 223 g/mol. The Balaban J connectivity index is 1.76. The van der Waals surface area contributed by atoms with Crippen LogP contribution in [0.4, 0.5) is 0 Å². The van der Waals surface area contributed by atoms with Gasteiger partial charge in [0.05, 0.1) is 0 Å². The van der Waals surface area contributed by atoms with Crippen LogP contribution >= 0.6 is 0 Å². The minimum Gasteiger partial charge on any atom is -0.478 e. The molecule has 1 spiro atoms. The summed E-state index contributed by atoms with van der Waals surface area (Å²) in [6, 6.07) is 0. The predicted octanol–water partition coefficient (Wildman–Crippen LogP) is -1.19. The van der Waals surface area contributed by atoms with Gasteiger partial charge in [-0.2, -0.15) is 0 Å². The van der Waals surface area contributed by atoms with Crippen LogP contribution in [-0.4, -0.2) is 42.9 Å². The standard InChI is InChI=1S/C10H13N3O3/c14-7-2-1-6(8(15)12-7)9-13-10(5-16-9)3-11-4-10/h6,11H,1-5H2,(H,12,14,15). The van der Waals surface area contributed by atoms with Gasteiger partial charge in [-0.15, -0.1) is 0 Å². The summed E-state index contributed by atoms with van der Waals surface area (Å²) in [6.45, 7) is 2.17. The van der Waals surface area contributed by atoms with Crippen molar-refractivity contribution < 1.29 is 14.3 Å². The molecule has 0 bridgehead atoms. The number of carbonyl (C=O) groups is 2. The molecule has 6 heteroatoms. The summed E-state index contributed by atoms with van der Waals surface area (Å²) in [6.07, 6.45) is 0.872. The second kappa shape index (κ2) is 3.28. The molecule has 0 aromatic rings. The summed E-state index contributed by atoms with van der Waals surface area (Å²) >= 11 is 0. The molecule has 2 amide bonds. The Bertz CT molecular complexity index is 387. The molecule has 2 N–H and O–H groups in total. The van der Waals surface area contributed by atoms with E-state index in [9.17, 15) is 9.59 Å². The molecule has 86 valence electrons. The fourth-order valence-electron chi connectivity index (χ4n) is 2.21. The summed E-state index contributed by atoms with van der Waals surface area (Å²) in [7, 11) is 0. The first-order chi connectivity index (χ1) is 7.69. The molecule has 0 aromatic heterocycles. The number of imide groups is 1. The zero-order valence-electron chi connectivity index (χ0n) is 8.78. The van der Waals surface area contributed by atoms with Gasteiger partial charge in [-0.25, -0.2) is 4.99 Å². The maximum atomic E-state index is 11.6. The smallest absolute Gasteiger partial charge is 0.239 e. The van der Waals surface area contributed by atoms with E-state index in [1.54, 1.807) is 0 Å². The lowest BCUT2D eigenvalue weighted by atomic mass is 9.94. The van der Waals surface area contributed by atoms with E-state index >= 15 is 0 Å². The minimum atomic E-state index is -0.377. The number of amides is 2. The molecule has 0 aromatic carbocycles. The van der Waals surface area contributed by atoms with Gasteiger partial charge in [0.2, 0.25) is 11.8 Å². The predicted molar refractivity (Wildman–Crippen MR) is 54.9 cm³/mol. The van der Waals surface area contributed by atoms with Crippen LogP contribution < -0.4 is 10.6 Å². The highest BCUT2D eigenvalue weighted by Crippen LogP contribution is 2.27. The van der Waals surface area contributed by atoms with E-state index in [0.717, 1.165) is 13.1 Å². The third kappa shape index (κ3) is 1.41. The van der Waals surface area contributed by atoms with Crippen molar-refractivity contribution in [3.05, 3.63) is 0 Å². The second-order valence-corrected chi connectivity index (χ2v) is 4.57. The fourth-order valence-corrected chi connectivity index (χ4v) is 2.21. The quantitative estimate of drug-likeness (QED) is 0.548. The number of aliphatic imine (C=N–C) groups is 1. The SMILES string of the molecule is O=C1CCC(C2=NC3(CNC3)CO2)C(=O)N1. The zero-order chi connectivity index (χ0) is 11.2. The largest absolute Gasteiger partial charge is 0.478 e. The van der Waals surface area contributed by atoms with Gasteiger partial charge in [0.1, 0.15) is 18.1 Å². The highest BCUT2D eigenvalue weighted by Gasteiger charge is 2.45. The summed E-state index contributed by atoms with van der Waals surface area (Å²) < 4.78 is 5.49. The molecule has 2 saturated heterocycles. The van der Waals surface area contributed by atoms with E-state index in [1.165, 1.54) is 0 Å². The van der Waals surface area contributed by atoms with Crippen LogP contribution in [0.5, 0.6) is 0 Å². The zero-order valence-corrected chi connectivity index (χ0v) is 8.78. The summed E-state index contributed by atoms with van der Waals surface area (Å²) in [5.41, 5.74) is -0.142. The van der Waals surface area contributed by atoms with Gasteiger partial charge in [-0.1, -0.05) is 0 Å². The highest BCUT2D eigenvalue weighted by atomic mass is 16.5. The molecule has 16 heavy (non-hydrogen) atoms. The first kappa shape index (κ1) is 9.77. The first-order valence-corrected chi connectivity index (χ1v) is 5.46. The molecule has 3 aliphatic rings. The second-order valence-electron chi connectivity index (χ2n) is 4.57. The molecule has 0 aliphatic carbocycles. The van der Waals surface area contributed by atoms with Crippen LogP contribution in [0.25, 0.3) is 0 Å². The van der Waals surface area contributed by atoms with Gasteiger partial charge in [-0.3, -0.25) is 14.9 Å². The number of nitrogens with zero attached hydrogens (tertiary/aromatic N) is 1. The van der Waals surface area contributed by atoms with Crippen molar-refractivity contribution in [3.8, 4) is 0 Å². The van der Waals surface area contributed by atoms with Crippen molar-refractivity contribution in [2.75, 3.05) is 19.7 Å². The van der Waals surface area contributed by atoms with Gasteiger partial charge >= 0.3 is 0 Å². The van der Waals surface area contributed by atoms with Crippen LogP contribution in [0.15, 0.2) is 4.99 Å². The topological polar surface area (TPSA) is 79.8 Å². The Kier molecular flexibility index (Phi) is 2.00. The van der Waals surface area contributed by atoms with E-state index in [0.29, 0.717) is 25.3 Å². The molecule has 6 nitrogen and oxygen atoms in total. The summed E-state index contributed by atoms with van der Waals surface area (Å²) in [5.74, 6) is -0.358. The third-order valence-corrected chi connectivity index (χ3v) is 3.28. The summed E-state index contributed by atoms with van der Waals surface area (Å²) in [5, 5.41) is 5.46. The van der Waals surface area contributed by atoms with Gasteiger partial charge in [0.15, 0.2) is 5.90 Å². The monoisotopic (exact) mass is 223 g/mol. The number of carbonyl (C=O) groups excluding carboxylic acids is 2. The average Bonchev–Trinajstić information content (AvgIpc) is 2.62. The molecule has 3 heterocycles. The van der Waals surface area contributed by atoms with Crippen molar-refractivity contribution in [1.29, 1.82) is 0 Å². The number of piperidine rings is 1. The number of hydrogen-bond acceptors (Lipinski definition) is 5. The molecular weight excluding hydrogens is 210 g/mol. The maximum Gasteiger partial charge on any atom is 0.239 e. The molecule has 1 unspecified atom stereocenters. The van der Waals surface area contributed by atoms with E-state index in [-0.39, 0.29) is 23.3 Å². The minimum absolute atomic E-state index is 0.142. The Labute approximate surface area is 92.4 Å². The van der Waals surface area contributed by atoms with E-state index in [2.05, 4.69) is 15.6 Å². The lowest BCUT2D eigenvalue weighted by molar-refractivity contribution is -0.134. The van der Waals surface area contributed by atoms with Crippen molar-refractivity contribution in [2.45, 2.75) is 18.4 Å². The van der Waals surface area contributed by atoms with Gasteiger partial charge in [0, 0.05) is 19.5 Å². The Morgan fingerprint density at radius 1 is 1.38 bits per heavy atom. The lowest BCUT2D eigenvalue weighted by Gasteiger charge is -2.33. The Morgan fingerprint density at radius 2 is 2.19 bits per heavy atom. The lowest BCUT2D eigenvalue weighted by Crippen LogP contribution is -2.59. The van der Waals surface area contributed by atoms with Crippen LogP contribution in [-0.2, 0) is 14.3 Å².